The average Bonchev–Trinajstić information content (AvgIpc) is 1.74. The van der Waals surface area contributed by atoms with Crippen molar-refractivity contribution >= 4 is 135 Å². The molecule has 89 heavy (non-hydrogen) atoms. The first-order valence-corrected chi connectivity index (χ1v) is 32.2. The van der Waals surface area contributed by atoms with Crippen LogP contribution in [0, 0.1) is 0 Å². The van der Waals surface area contributed by atoms with Gasteiger partial charge in [-0.05, 0) is 122 Å². The minimum absolute atomic E-state index is 0.0162. The quantitative estimate of drug-likeness (QED) is 0.151. The third kappa shape index (κ3) is 8.63. The molecule has 0 unspecified atom stereocenters. The van der Waals surface area contributed by atoms with Crippen LogP contribution in [0.4, 0.5) is 17.1 Å². The topological polar surface area (TPSA) is 200 Å². The van der Waals surface area contributed by atoms with Gasteiger partial charge in [0.25, 0.3) is 56.3 Å². The van der Waals surface area contributed by atoms with E-state index >= 15 is 9.59 Å². The summed E-state index contributed by atoms with van der Waals surface area (Å²) in [6, 6.07) is 32.6. The highest BCUT2D eigenvalue weighted by Crippen LogP contribution is 2.55. The lowest BCUT2D eigenvalue weighted by Gasteiger charge is -2.38. The zero-order chi connectivity index (χ0) is 61.2. The summed E-state index contributed by atoms with van der Waals surface area (Å²) in [6.45, 7) is 7.39. The smallest absolute Gasteiger partial charge is 0.265 e. The standard InChI is InChI=1S/C68H47N7O10S4/c1-68(2,3)39-21-34-19-35(22-39)30-72-58(78)47-27-51-52(28-48(47)59(72)79)63(83)74(62(51)82)32-37-20-36(31-73-60(80)49-25-45-46(26-50(49)61(73)81)57(77)71(29-34)56(45)76)23-41(24-37)75-64(84)43-6-4-5-42-53(12-11-44(55(42)43)65(75)85)70-15-13-69(14-16-70)40-9-7-38(8-10-40)54-33-88-67(89-54)66-86-17-18-87-66/h4-12,17-28,33H,13-16,29-32H2,1-3H3. The lowest BCUT2D eigenvalue weighted by molar-refractivity contribution is 0.0893. The molecule has 16 bridgehead atoms. The second-order valence-electron chi connectivity index (χ2n) is 24.1. The number of imide groups is 1. The van der Waals surface area contributed by atoms with Crippen LogP contribution in [0.1, 0.15) is 74.9 Å². The van der Waals surface area contributed by atoms with E-state index in [2.05, 4.69) is 50.3 Å². The molecule has 1 fully saturated rings. The van der Waals surface area contributed by atoms with Crippen LogP contribution in [0.5, 0.6) is 0 Å². The van der Waals surface area contributed by atoms with Gasteiger partial charge in [-0.1, -0.05) is 116 Å². The van der Waals surface area contributed by atoms with E-state index in [1.54, 1.807) is 77.4 Å². The molecule has 0 spiro atoms. The maximum atomic E-state index is 15.1. The third-order valence-corrected chi connectivity index (χ3v) is 22.8. The molecule has 11 aromatic rings. The number of aromatic nitrogens is 4. The molecule has 7 aromatic carbocycles. The third-order valence-electron chi connectivity index (χ3n) is 17.8. The van der Waals surface area contributed by atoms with Crippen molar-refractivity contribution in [1.82, 2.24) is 18.3 Å². The van der Waals surface area contributed by atoms with E-state index in [0.717, 1.165) is 58.6 Å². The number of carbonyl (C=O) groups excluding carboxylic acids is 2. The van der Waals surface area contributed by atoms with Crippen LogP contribution < -0.4 is 59.2 Å². The van der Waals surface area contributed by atoms with Crippen LogP contribution >= 0.6 is 47.0 Å². The first kappa shape index (κ1) is 55.1. The number of rotatable bonds is 4. The highest BCUT2D eigenvalue weighted by Gasteiger charge is 2.36. The van der Waals surface area contributed by atoms with Crippen LogP contribution in [0.25, 0.3) is 58.8 Å². The van der Waals surface area contributed by atoms with E-state index in [9.17, 15) is 38.4 Å². The summed E-state index contributed by atoms with van der Waals surface area (Å²) in [5, 5.41) is 6.94. The largest absolute Gasteiger partial charge is 0.368 e. The van der Waals surface area contributed by atoms with E-state index in [-0.39, 0.29) is 84.1 Å². The molecule has 0 N–H and O–H groups in total. The van der Waals surface area contributed by atoms with Gasteiger partial charge in [-0.15, -0.1) is 0 Å². The molecular formula is C68H47N7O10S4. The number of amides is 2. The molecule has 0 aliphatic carbocycles. The summed E-state index contributed by atoms with van der Waals surface area (Å²) in [4.78, 5) is 152. The van der Waals surface area contributed by atoms with Gasteiger partial charge in [0.1, 0.15) is 0 Å². The fraction of sp³-hybridized carbons (Fsp3) is 0.176. The van der Waals surface area contributed by atoms with E-state index < -0.39 is 74.8 Å². The molecule has 17 nitrogen and oxygen atoms in total. The van der Waals surface area contributed by atoms with E-state index in [0.29, 0.717) is 29.6 Å². The van der Waals surface area contributed by atoms with Crippen molar-refractivity contribution in [3.8, 4) is 0 Å². The molecular weight excluding hydrogens is 1200 g/mol. The fourth-order valence-electron chi connectivity index (χ4n) is 13.3. The van der Waals surface area contributed by atoms with Gasteiger partial charge in [0.2, 0.25) is 0 Å². The number of anilines is 3. The van der Waals surface area contributed by atoms with Crippen LogP contribution in [-0.4, -0.2) is 56.3 Å². The fourth-order valence-corrected chi connectivity index (χ4v) is 17.8. The molecule has 438 valence electrons. The molecule has 4 aromatic heterocycles. The van der Waals surface area contributed by atoms with Crippen molar-refractivity contribution in [2.45, 2.75) is 52.4 Å². The normalized spacial score (nSPS) is 16.3. The Bertz CT molecular complexity index is 5240. The van der Waals surface area contributed by atoms with Crippen molar-refractivity contribution in [2.24, 2.45) is 0 Å². The highest BCUT2D eigenvalue weighted by molar-refractivity contribution is 8.35. The first-order valence-electron chi connectivity index (χ1n) is 28.7. The van der Waals surface area contributed by atoms with Gasteiger partial charge in [0.05, 0.1) is 83.4 Å². The van der Waals surface area contributed by atoms with Gasteiger partial charge < -0.3 is 9.80 Å². The van der Waals surface area contributed by atoms with Crippen LogP contribution in [-0.2, 0) is 31.6 Å². The Labute approximate surface area is 519 Å². The number of nitrogens with zero attached hydrogens (tertiary/aromatic N) is 7. The minimum atomic E-state index is -0.763. The molecule has 0 saturated carbocycles. The van der Waals surface area contributed by atoms with Gasteiger partial charge in [-0.2, -0.15) is 0 Å². The second-order valence-corrected chi connectivity index (χ2v) is 28.4. The van der Waals surface area contributed by atoms with E-state index in [1.807, 2.05) is 45.0 Å². The maximum Gasteiger partial charge on any atom is 0.265 e. The molecule has 8 aliphatic heterocycles. The summed E-state index contributed by atoms with van der Waals surface area (Å²) < 4.78 is 6.56. The minimum Gasteiger partial charge on any atom is -0.368 e. The zero-order valence-electron chi connectivity index (χ0n) is 47.7. The average molecular weight is 1250 g/mol. The number of hydrogen-bond donors (Lipinski definition) is 0. The predicted molar refractivity (Wildman–Crippen MR) is 358 cm³/mol. The van der Waals surface area contributed by atoms with Gasteiger partial charge >= 0.3 is 0 Å². The molecule has 12 heterocycles. The monoisotopic (exact) mass is 1250 g/mol. The Hall–Kier alpha value is -9.28. The van der Waals surface area contributed by atoms with E-state index in [4.69, 9.17) is 0 Å². The summed E-state index contributed by atoms with van der Waals surface area (Å²) >= 11 is 7.09. The summed E-state index contributed by atoms with van der Waals surface area (Å²) in [5.41, 5.74) is -0.332. The molecule has 21 heteroatoms. The SMILES string of the molecule is CC(C)(C)c1cc2cc(c1)Cn1c(=O)c3cc4c(=O)n(c(=O)c4cc3c1=O)Cc1cc(cc(N3C(=O)c4cccc5c(N6CCN(c7ccc(C8=CSC(=C9SC=CS9)S8)cc7)CC6)ccc(c45)C3=O)c1)Cn1c(=O)c3cc4c(=O)n(c(=O)c4cc3c1=O)C2. The van der Waals surface area contributed by atoms with Gasteiger partial charge in [0.15, 0.2) is 0 Å². The van der Waals surface area contributed by atoms with Crippen molar-refractivity contribution in [3.63, 3.8) is 0 Å². The van der Waals surface area contributed by atoms with Gasteiger partial charge in [-0.25, -0.2) is 4.90 Å². The summed E-state index contributed by atoms with van der Waals surface area (Å²) in [7, 11) is 0. The predicted octanol–water partition coefficient (Wildman–Crippen LogP) is 9.08. The number of carbonyl (C=O) groups is 2. The van der Waals surface area contributed by atoms with Crippen LogP contribution in [0.2, 0.25) is 0 Å². The first-order chi connectivity index (χ1) is 42.8. The molecule has 0 atom stereocenters. The zero-order valence-corrected chi connectivity index (χ0v) is 51.0. The summed E-state index contributed by atoms with van der Waals surface area (Å²) in [5.74, 6) is -1.32. The highest BCUT2D eigenvalue weighted by atomic mass is 32.2. The van der Waals surface area contributed by atoms with E-state index in [1.165, 1.54) is 55.3 Å². The van der Waals surface area contributed by atoms with Crippen molar-refractivity contribution < 1.29 is 9.59 Å². The lowest BCUT2D eigenvalue weighted by Crippen LogP contribution is -2.46. The number of piperazine rings is 1. The Balaban J connectivity index is 0.766. The lowest BCUT2D eigenvalue weighted by atomic mass is 9.85. The number of hydrogen-bond acceptors (Lipinski definition) is 16. The van der Waals surface area contributed by atoms with Crippen LogP contribution in [0.3, 0.4) is 0 Å². The Morgan fingerprint density at radius 1 is 0.393 bits per heavy atom. The molecule has 19 rings (SSSR count). The van der Waals surface area contributed by atoms with Crippen molar-refractivity contribution in [2.75, 3.05) is 40.9 Å². The Morgan fingerprint density at radius 2 is 0.820 bits per heavy atom. The number of benzene rings is 7. The molecule has 0 radical (unpaired) electrons. The number of thioether (sulfide) groups is 4. The summed E-state index contributed by atoms with van der Waals surface area (Å²) in [6.07, 6.45) is 0. The van der Waals surface area contributed by atoms with Crippen molar-refractivity contribution in [1.29, 1.82) is 0 Å². The maximum absolute atomic E-state index is 15.1. The molecule has 1 saturated heterocycles. The molecule has 2 amide bonds. The second kappa shape index (κ2) is 20.1. The molecule has 8 aliphatic rings. The van der Waals surface area contributed by atoms with Gasteiger partial charge in [0, 0.05) is 64.4 Å². The van der Waals surface area contributed by atoms with Gasteiger partial charge in [-0.3, -0.25) is 66.2 Å². The van der Waals surface area contributed by atoms with Crippen molar-refractivity contribution in [3.05, 3.63) is 267 Å². The Kier molecular flexibility index (Phi) is 12.4. The Morgan fingerprint density at radius 3 is 1.27 bits per heavy atom. The van der Waals surface area contributed by atoms with Crippen LogP contribution in [0.15, 0.2) is 178 Å².